The van der Waals surface area contributed by atoms with Crippen LogP contribution in [0.15, 0.2) is 0 Å². The van der Waals surface area contributed by atoms with Crippen LogP contribution in [0.1, 0.15) is 13.8 Å². The van der Waals surface area contributed by atoms with Crippen molar-refractivity contribution >= 4 is 11.8 Å². The highest BCUT2D eigenvalue weighted by Crippen LogP contribution is 2.42. The van der Waals surface area contributed by atoms with Crippen molar-refractivity contribution in [3.05, 3.63) is 0 Å². The maximum atomic E-state index is 13.2. The first-order chi connectivity index (χ1) is 65.8. The third-order valence-corrected chi connectivity index (χ3v) is 25.8. The molecule has 12 rings (SSSR count). The average molecular weight is 2050 g/mol. The van der Waals surface area contributed by atoms with E-state index < -0.39 is 459 Å². The SMILES string of the molecule is CC(=O)N[C@H]1[C@H](O[C@H]2[C@H](O)[C@@H](NC(C)=O)C(O)O[C@@H]2CO)O[C@H](CO)[C@@H](O[C@@H]2O[C@H](CO[C@H]3O[C@H](CO[C@H]4O[C@H](CO)[C@@H](O)[C@H](O)[C@@H]4O[C@H]4O[C@H](CO)[C@@H](O)[C@H](O)[C@@H]4O)[C@@H](O)[C@H](O[C@H]4O[C@H](CO)[C@@H](O)[C@H](O)[C@@H]4O)[C@@H]3O)[C@@H](O)[C@H](O[C@H]3O[C@H](CO[C@H]4O[C@H](CO[C@H]5O[C@H](CO)[C@@H](O)[C@H](O)[C@@H]5O)[C@@H](O)[C@@H](O)[C@@H]4O)[C@@H](O)[C@H](O)[C@@H]3O[C@H]3O[C@H](CO)[C@@H](O)[C@H](O)[C@@H]3O[C@H]3O[C@H](CO)[C@@H](O)[C@H](O)[C@@H]3O)[C@@H]2O)[C@@H]1O. The molecule has 0 aromatic carbocycles. The molecule has 38 N–H and O–H groups in total. The summed E-state index contributed by atoms with van der Waals surface area (Å²) in [5.74, 6) is -1.88. The lowest BCUT2D eigenvalue weighted by Crippen LogP contribution is -2.70. The second kappa shape index (κ2) is 49.8. The summed E-state index contributed by atoms with van der Waals surface area (Å²) in [7, 11) is 0. The van der Waals surface area contributed by atoms with Gasteiger partial charge in [0, 0.05) is 13.8 Å². The molecule has 60 atom stereocenters. The van der Waals surface area contributed by atoms with Gasteiger partial charge in [-0.05, 0) is 0 Å². The van der Waals surface area contributed by atoms with Crippen LogP contribution in [0.2, 0.25) is 0 Å². The second-order valence-corrected chi connectivity index (χ2v) is 35.2. The molecular formula is C76H128N2O61. The maximum absolute atomic E-state index is 13.2. The number of hydrogen-bond donors (Lipinski definition) is 38. The van der Waals surface area contributed by atoms with Crippen LogP contribution in [-0.4, -0.2) is 643 Å². The van der Waals surface area contributed by atoms with Crippen LogP contribution in [0.5, 0.6) is 0 Å². The van der Waals surface area contributed by atoms with E-state index in [4.69, 9.17) is 109 Å². The molecule has 0 bridgehead atoms. The van der Waals surface area contributed by atoms with E-state index in [1.807, 2.05) is 0 Å². The summed E-state index contributed by atoms with van der Waals surface area (Å²) in [4.78, 5) is 25.5. The molecule has 12 heterocycles. The number of rotatable bonds is 36. The quantitative estimate of drug-likeness (QED) is 0.0277. The fraction of sp³-hybridized carbons (Fsp3) is 0.974. The molecule has 0 spiro atoms. The average Bonchev–Trinajstić information content (AvgIpc) is 0.766. The predicted octanol–water partition coefficient (Wildman–Crippen LogP) is -26.9. The smallest absolute Gasteiger partial charge is 0.217 e. The van der Waals surface area contributed by atoms with Crippen molar-refractivity contribution in [3.63, 3.8) is 0 Å². The van der Waals surface area contributed by atoms with E-state index in [2.05, 4.69) is 10.6 Å². The van der Waals surface area contributed by atoms with Gasteiger partial charge in [0.05, 0.1) is 79.3 Å². The summed E-state index contributed by atoms with van der Waals surface area (Å²) in [6.45, 7) is -11.9. The zero-order valence-corrected chi connectivity index (χ0v) is 73.4. The number of amides is 2. The lowest BCUT2D eigenvalue weighted by atomic mass is 9.94. The molecule has 0 aromatic rings. The first kappa shape index (κ1) is 114. The molecule has 0 aliphatic carbocycles. The molecular weight excluding hydrogens is 1920 g/mol. The summed E-state index contributed by atoms with van der Waals surface area (Å²) >= 11 is 0. The summed E-state index contributed by atoms with van der Waals surface area (Å²) in [6, 6.07) is -3.79. The van der Waals surface area contributed by atoms with Crippen LogP contribution in [-0.2, 0) is 119 Å². The number of hydrogen-bond acceptors (Lipinski definition) is 61. The van der Waals surface area contributed by atoms with Crippen molar-refractivity contribution in [2.45, 2.75) is 382 Å². The van der Waals surface area contributed by atoms with Crippen LogP contribution in [0.4, 0.5) is 0 Å². The Hall–Kier alpha value is -3.42. The van der Waals surface area contributed by atoms with Crippen molar-refractivity contribution in [3.8, 4) is 0 Å². The van der Waals surface area contributed by atoms with Gasteiger partial charge in [-0.2, -0.15) is 0 Å². The molecule has 808 valence electrons. The Labute approximate surface area is 784 Å². The van der Waals surface area contributed by atoms with Gasteiger partial charge in [-0.25, -0.2) is 0 Å². The number of aliphatic hydroxyl groups is 36. The summed E-state index contributed by atoms with van der Waals surface area (Å²) in [6.07, 6.45) is -129. The van der Waals surface area contributed by atoms with Crippen LogP contribution >= 0.6 is 0 Å². The molecule has 12 fully saturated rings. The fourth-order valence-corrected chi connectivity index (χ4v) is 17.8. The standard InChI is InChI=1S/C76H128N2O61/c1-15(87)77-29-41(99)58(23(9-85)121-65(29)116)133-66-30(78-16(2)88)42(100)59(24(10-86)128-66)134-73-57(115)61(40(98)28(131-73)13-119-69-56(114)60(135-70-53(111)44(102)32(90)18(4-80)123-70)39(97)27(130-69)14-120-74-62(48(106)35(93)21(7-83)126-74)137-71-54(112)45(103)33(91)19(5-81)124-71)136-76-64(139-75-63(49(107)36(94)22(8-84)127-75)138-72-55(113)46(104)34(92)20(6-82)125-72)50(108)38(96)26(132-76)12-118-68-52(110)47(105)37(95)25(129-68)11-117-67-51(109)43(101)31(89)17(3-79)122-67/h17-76,79-86,89-116H,3-14H2,1-2H3,(H,77,87)(H,78,88)/t17-,18-,19-,20-,21-,22-,23-,24-,25-,26-,27-,28-,29-,30-,31-,32-,33-,34-,35-,36-,37-,38-,39-,40-,41-,42-,43+,44+,45+,46+,47-,48+,49+,50+,51+,52+,53+,54+,55+,56+,57+,58-,59-,60+,61+,62+,63+,64+,65?,66+,67+,68+,69+,70-,71-,72-,73+,74+,75-,76-/m1/s1. The molecule has 63 heteroatoms. The van der Waals surface area contributed by atoms with Gasteiger partial charge >= 0.3 is 0 Å². The largest absolute Gasteiger partial charge is 0.394 e. The summed E-state index contributed by atoms with van der Waals surface area (Å²) in [5.41, 5.74) is 0. The van der Waals surface area contributed by atoms with Gasteiger partial charge in [0.1, 0.15) is 293 Å². The number of nitrogens with one attached hydrogen (secondary N) is 2. The highest BCUT2D eigenvalue weighted by Gasteiger charge is 2.63. The highest BCUT2D eigenvalue weighted by atomic mass is 16.8. The van der Waals surface area contributed by atoms with E-state index in [9.17, 15) is 193 Å². The molecule has 12 aliphatic rings. The van der Waals surface area contributed by atoms with Gasteiger partial charge in [0.2, 0.25) is 11.8 Å². The Morgan fingerprint density at radius 3 is 0.770 bits per heavy atom. The maximum Gasteiger partial charge on any atom is 0.217 e. The van der Waals surface area contributed by atoms with Crippen molar-refractivity contribution < 1.29 is 302 Å². The molecule has 0 radical (unpaired) electrons. The van der Waals surface area contributed by atoms with Crippen LogP contribution < -0.4 is 10.6 Å². The molecule has 0 saturated carbocycles. The van der Waals surface area contributed by atoms with Crippen molar-refractivity contribution in [1.82, 2.24) is 10.6 Å². The molecule has 12 saturated heterocycles. The van der Waals surface area contributed by atoms with E-state index in [1.165, 1.54) is 0 Å². The number of carbonyl (C=O) groups excluding carboxylic acids is 2. The highest BCUT2D eigenvalue weighted by molar-refractivity contribution is 5.73. The predicted molar refractivity (Wildman–Crippen MR) is 418 cm³/mol. The Morgan fingerprint density at radius 2 is 0.396 bits per heavy atom. The van der Waals surface area contributed by atoms with Crippen LogP contribution in [0, 0.1) is 0 Å². The third-order valence-electron chi connectivity index (χ3n) is 25.8. The Balaban J connectivity index is 0.912. The van der Waals surface area contributed by atoms with Gasteiger partial charge < -0.3 is 303 Å². The van der Waals surface area contributed by atoms with E-state index in [0.29, 0.717) is 0 Å². The first-order valence-corrected chi connectivity index (χ1v) is 44.2. The van der Waals surface area contributed by atoms with E-state index >= 15 is 0 Å². The van der Waals surface area contributed by atoms with Gasteiger partial charge in [0.25, 0.3) is 0 Å². The van der Waals surface area contributed by atoms with E-state index in [-0.39, 0.29) is 0 Å². The molecule has 63 nitrogen and oxygen atoms in total. The van der Waals surface area contributed by atoms with E-state index in [0.717, 1.165) is 13.8 Å². The normalized spacial score (nSPS) is 51.9. The fourth-order valence-electron chi connectivity index (χ4n) is 17.8. The summed E-state index contributed by atoms with van der Waals surface area (Å²) < 4.78 is 135. The summed E-state index contributed by atoms with van der Waals surface area (Å²) in [5, 5.41) is 407. The lowest BCUT2D eigenvalue weighted by molar-refractivity contribution is -0.410. The van der Waals surface area contributed by atoms with Gasteiger partial charge in [-0.1, -0.05) is 0 Å². The van der Waals surface area contributed by atoms with Crippen molar-refractivity contribution in [2.75, 3.05) is 79.3 Å². The number of ether oxygens (including phenoxy) is 23. The van der Waals surface area contributed by atoms with Crippen LogP contribution in [0.3, 0.4) is 0 Å². The van der Waals surface area contributed by atoms with Gasteiger partial charge in [-0.3, -0.25) is 9.59 Å². The Kier molecular flexibility index (Phi) is 41.0. The zero-order chi connectivity index (χ0) is 102. The minimum atomic E-state index is -2.80. The molecule has 12 aliphatic heterocycles. The van der Waals surface area contributed by atoms with Crippen molar-refractivity contribution in [1.29, 1.82) is 0 Å². The topological polar surface area (TPSA) is 999 Å². The Bertz CT molecular complexity index is 3730. The number of aliphatic hydroxyl groups excluding tert-OH is 36. The zero-order valence-electron chi connectivity index (χ0n) is 73.4. The molecule has 0 aromatic heterocycles. The van der Waals surface area contributed by atoms with Crippen LogP contribution in [0.25, 0.3) is 0 Å². The van der Waals surface area contributed by atoms with Gasteiger partial charge in [0.15, 0.2) is 75.5 Å². The van der Waals surface area contributed by atoms with E-state index in [1.54, 1.807) is 0 Å². The van der Waals surface area contributed by atoms with Gasteiger partial charge in [-0.15, -0.1) is 0 Å². The minimum Gasteiger partial charge on any atom is -0.394 e. The minimum absolute atomic E-state index is 0.845. The molecule has 2 amide bonds. The first-order valence-electron chi connectivity index (χ1n) is 44.2. The lowest BCUT2D eigenvalue weighted by Gasteiger charge is -2.51. The van der Waals surface area contributed by atoms with Crippen molar-refractivity contribution in [2.24, 2.45) is 0 Å². The monoisotopic (exact) mass is 2040 g/mol. The molecule has 139 heavy (non-hydrogen) atoms. The molecule has 1 unspecified atom stereocenters. The number of carbonyl (C=O) groups is 2. The Morgan fingerprint density at radius 1 is 0.187 bits per heavy atom. The second-order valence-electron chi connectivity index (χ2n) is 35.2. The third kappa shape index (κ3) is 24.8.